The van der Waals surface area contributed by atoms with Crippen LogP contribution in [0.3, 0.4) is 0 Å². The van der Waals surface area contributed by atoms with Crippen LogP contribution in [0, 0.1) is 17.8 Å². The molecule has 0 spiro atoms. The Kier molecular flexibility index (Phi) is 4.01. The summed E-state index contributed by atoms with van der Waals surface area (Å²) in [6.07, 6.45) is 8.64. The van der Waals surface area contributed by atoms with Gasteiger partial charge in [-0.3, -0.25) is 0 Å². The first-order valence-corrected chi connectivity index (χ1v) is 10.8. The van der Waals surface area contributed by atoms with Crippen molar-refractivity contribution in [2.45, 2.75) is 50.5 Å². The third kappa shape index (κ3) is 2.97. The fourth-order valence-electron chi connectivity index (χ4n) is 6.16. The third-order valence-electron chi connectivity index (χ3n) is 6.85. The monoisotopic (exact) mass is 360 g/mol. The highest BCUT2D eigenvalue weighted by Gasteiger charge is 2.52. The number of amides is 2. The van der Waals surface area contributed by atoms with Gasteiger partial charge in [0.05, 0.1) is 10.7 Å². The van der Waals surface area contributed by atoms with E-state index in [0.29, 0.717) is 5.41 Å². The van der Waals surface area contributed by atoms with Crippen molar-refractivity contribution in [3.05, 3.63) is 16.1 Å². The molecule has 1 aromatic rings. The highest BCUT2D eigenvalue weighted by molar-refractivity contribution is 7.09. The maximum atomic E-state index is 11.5. The van der Waals surface area contributed by atoms with Crippen molar-refractivity contribution >= 4 is 17.4 Å². The van der Waals surface area contributed by atoms with Crippen LogP contribution < -0.4 is 10.6 Å². The molecule has 2 amide bonds. The molecule has 4 aliphatic carbocycles. The van der Waals surface area contributed by atoms with Crippen LogP contribution in [0.25, 0.3) is 0 Å². The van der Waals surface area contributed by atoms with Crippen LogP contribution in [-0.4, -0.2) is 42.1 Å². The van der Waals surface area contributed by atoms with Crippen LogP contribution in [0.5, 0.6) is 0 Å². The largest absolute Gasteiger partial charge is 0.336 e. The molecule has 6 heteroatoms. The molecule has 5 nitrogen and oxygen atoms in total. The summed E-state index contributed by atoms with van der Waals surface area (Å²) in [5.41, 5.74) is 1.60. The predicted molar refractivity (Wildman–Crippen MR) is 98.6 cm³/mol. The van der Waals surface area contributed by atoms with Gasteiger partial charge < -0.3 is 15.5 Å². The molecule has 1 aliphatic heterocycles. The average Bonchev–Trinajstić information content (AvgIpc) is 3.20. The van der Waals surface area contributed by atoms with E-state index in [1.54, 1.807) is 0 Å². The summed E-state index contributed by atoms with van der Waals surface area (Å²) in [5.74, 6) is 2.93. The first-order valence-electron chi connectivity index (χ1n) is 9.89. The first kappa shape index (κ1) is 16.1. The molecule has 136 valence electrons. The van der Waals surface area contributed by atoms with E-state index in [4.69, 9.17) is 4.98 Å². The summed E-state index contributed by atoms with van der Waals surface area (Å²) >= 11 is 1.90. The Hall–Kier alpha value is -1.14. The molecule has 5 fully saturated rings. The minimum absolute atomic E-state index is 0.0690. The normalized spacial score (nSPS) is 36.2. The van der Waals surface area contributed by atoms with Crippen molar-refractivity contribution < 1.29 is 4.79 Å². The van der Waals surface area contributed by atoms with Crippen LogP contribution in [0.4, 0.5) is 4.79 Å². The molecule has 0 unspecified atom stereocenters. The van der Waals surface area contributed by atoms with Crippen molar-refractivity contribution in [1.82, 2.24) is 20.5 Å². The summed E-state index contributed by atoms with van der Waals surface area (Å²) in [5, 5.41) is 9.97. The van der Waals surface area contributed by atoms with E-state index in [-0.39, 0.29) is 6.03 Å². The molecule has 2 heterocycles. The summed E-state index contributed by atoms with van der Waals surface area (Å²) in [4.78, 5) is 18.4. The molecule has 2 N–H and O–H groups in total. The Balaban J connectivity index is 1.17. The zero-order chi connectivity index (χ0) is 16.9. The predicted octanol–water partition coefficient (Wildman–Crippen LogP) is 2.73. The minimum atomic E-state index is 0.0690. The van der Waals surface area contributed by atoms with Gasteiger partial charge in [0, 0.05) is 43.5 Å². The molecule has 0 radical (unpaired) electrons. The lowest BCUT2D eigenvalue weighted by Gasteiger charge is -2.56. The van der Waals surface area contributed by atoms with Crippen LogP contribution in [0.1, 0.15) is 49.2 Å². The zero-order valence-corrected chi connectivity index (χ0v) is 15.6. The second-order valence-electron chi connectivity index (χ2n) is 8.74. The Morgan fingerprint density at radius 3 is 2.60 bits per heavy atom. The van der Waals surface area contributed by atoms with Crippen molar-refractivity contribution in [2.24, 2.45) is 17.8 Å². The zero-order valence-electron chi connectivity index (χ0n) is 14.8. The number of rotatable bonds is 6. The average molecular weight is 361 g/mol. The quantitative estimate of drug-likeness (QED) is 0.767. The van der Waals surface area contributed by atoms with Crippen LogP contribution in [-0.2, 0) is 12.0 Å². The van der Waals surface area contributed by atoms with E-state index in [2.05, 4.69) is 16.0 Å². The third-order valence-corrected chi connectivity index (χ3v) is 7.99. The van der Waals surface area contributed by atoms with E-state index < -0.39 is 0 Å². The number of hydrogen-bond acceptors (Lipinski definition) is 4. The van der Waals surface area contributed by atoms with Crippen molar-refractivity contribution in [2.75, 3.05) is 26.2 Å². The Bertz CT molecular complexity index is 622. The van der Waals surface area contributed by atoms with E-state index in [1.807, 2.05) is 16.2 Å². The van der Waals surface area contributed by atoms with Gasteiger partial charge in [-0.15, -0.1) is 11.3 Å². The number of thiazole rings is 1. The molecule has 6 rings (SSSR count). The minimum Gasteiger partial charge on any atom is -0.336 e. The van der Waals surface area contributed by atoms with E-state index in [1.165, 1.54) is 49.2 Å². The van der Waals surface area contributed by atoms with Crippen LogP contribution >= 0.6 is 11.3 Å². The summed E-state index contributed by atoms with van der Waals surface area (Å²) in [6, 6.07) is 0.0690. The summed E-state index contributed by atoms with van der Waals surface area (Å²) in [7, 11) is 0. The number of aromatic nitrogens is 1. The number of nitrogens with zero attached hydrogens (tertiary/aromatic N) is 2. The van der Waals surface area contributed by atoms with E-state index in [0.717, 1.165) is 50.5 Å². The van der Waals surface area contributed by atoms with Crippen molar-refractivity contribution in [3.8, 4) is 0 Å². The van der Waals surface area contributed by atoms with Gasteiger partial charge >= 0.3 is 6.03 Å². The lowest BCUT2D eigenvalue weighted by Crippen LogP contribution is -2.48. The van der Waals surface area contributed by atoms with Gasteiger partial charge in [-0.05, 0) is 56.3 Å². The summed E-state index contributed by atoms with van der Waals surface area (Å²) in [6.45, 7) is 4.03. The SMILES string of the molecule is O=C1NCCN1CCNCc1csc(C23CC4CC(CC(C4)C2)C3)n1. The van der Waals surface area contributed by atoms with Crippen molar-refractivity contribution in [3.63, 3.8) is 0 Å². The molecule has 5 aliphatic rings. The highest BCUT2D eigenvalue weighted by atomic mass is 32.1. The van der Waals surface area contributed by atoms with E-state index in [9.17, 15) is 4.79 Å². The van der Waals surface area contributed by atoms with Gasteiger partial charge in [0.25, 0.3) is 0 Å². The Labute approximate surface area is 153 Å². The molecular weight excluding hydrogens is 332 g/mol. The number of urea groups is 1. The number of carbonyl (C=O) groups is 1. The van der Waals surface area contributed by atoms with Crippen molar-refractivity contribution in [1.29, 1.82) is 0 Å². The van der Waals surface area contributed by atoms with Gasteiger partial charge in [-0.25, -0.2) is 9.78 Å². The maximum absolute atomic E-state index is 11.5. The lowest BCUT2D eigenvalue weighted by atomic mass is 9.50. The molecule has 25 heavy (non-hydrogen) atoms. The molecule has 1 saturated heterocycles. The number of hydrogen-bond donors (Lipinski definition) is 2. The van der Waals surface area contributed by atoms with Crippen LogP contribution in [0.15, 0.2) is 5.38 Å². The standard InChI is InChI=1S/C19H28N4OS/c24-18-21-2-4-23(18)3-1-20-11-16-12-25-17(22-16)19-8-13-5-14(9-19)7-15(6-13)10-19/h12-15,20H,1-11H2,(H,21,24). The molecule has 0 aromatic carbocycles. The topological polar surface area (TPSA) is 57.3 Å². The molecule has 1 aromatic heterocycles. The second-order valence-corrected chi connectivity index (χ2v) is 9.60. The van der Waals surface area contributed by atoms with Gasteiger partial charge in [-0.1, -0.05) is 0 Å². The lowest BCUT2D eigenvalue weighted by molar-refractivity contribution is -0.00534. The van der Waals surface area contributed by atoms with Gasteiger partial charge in [0.2, 0.25) is 0 Å². The van der Waals surface area contributed by atoms with Gasteiger partial charge in [0.15, 0.2) is 0 Å². The molecular formula is C19H28N4OS. The van der Waals surface area contributed by atoms with E-state index >= 15 is 0 Å². The Morgan fingerprint density at radius 1 is 1.24 bits per heavy atom. The Morgan fingerprint density at radius 2 is 1.96 bits per heavy atom. The molecule has 4 saturated carbocycles. The highest BCUT2D eigenvalue weighted by Crippen LogP contribution is 2.61. The van der Waals surface area contributed by atoms with Gasteiger partial charge in [-0.2, -0.15) is 0 Å². The fourth-order valence-corrected chi connectivity index (χ4v) is 7.21. The smallest absolute Gasteiger partial charge is 0.317 e. The number of carbonyl (C=O) groups excluding carboxylic acids is 1. The summed E-state index contributed by atoms with van der Waals surface area (Å²) < 4.78 is 0. The number of nitrogens with one attached hydrogen (secondary N) is 2. The van der Waals surface area contributed by atoms with Crippen LogP contribution in [0.2, 0.25) is 0 Å². The van der Waals surface area contributed by atoms with Gasteiger partial charge in [0.1, 0.15) is 0 Å². The first-order chi connectivity index (χ1) is 12.2. The molecule has 0 atom stereocenters. The molecule has 4 bridgehead atoms. The fraction of sp³-hybridized carbons (Fsp3) is 0.789. The second kappa shape index (κ2) is 6.23. The maximum Gasteiger partial charge on any atom is 0.317 e.